The topological polar surface area (TPSA) is 86.3 Å². The molecule has 1 aromatic carbocycles. The number of carboxylic acid groups (broad SMARTS) is 1. The third kappa shape index (κ3) is 5.94. The van der Waals surface area contributed by atoms with Gasteiger partial charge in [-0.25, -0.2) is 0 Å². The number of aryl methyl sites for hydroxylation is 1. The van der Waals surface area contributed by atoms with Crippen LogP contribution in [-0.2, 0) is 11.2 Å². The summed E-state index contributed by atoms with van der Waals surface area (Å²) < 4.78 is 0. The second kappa shape index (κ2) is 10.9. The number of aliphatic carboxylic acids is 1. The number of nitrogens with one attached hydrogen (secondary N) is 1. The van der Waals surface area contributed by atoms with Gasteiger partial charge in [0.25, 0.3) is 5.91 Å². The molecule has 0 aliphatic carbocycles. The summed E-state index contributed by atoms with van der Waals surface area (Å²) in [7, 11) is 0. The molecular formula is C22H27N3O3. The first-order valence-electron chi connectivity index (χ1n) is 9.52. The van der Waals surface area contributed by atoms with Gasteiger partial charge in [0.2, 0.25) is 0 Å². The summed E-state index contributed by atoms with van der Waals surface area (Å²) in [5, 5.41) is 9.74. The fourth-order valence-electron chi connectivity index (χ4n) is 2.95. The van der Waals surface area contributed by atoms with E-state index in [1.165, 1.54) is 10.9 Å². The highest BCUT2D eigenvalue weighted by Gasteiger charge is 2.11. The van der Waals surface area contributed by atoms with Crippen molar-refractivity contribution in [3.05, 3.63) is 66.1 Å². The van der Waals surface area contributed by atoms with Crippen LogP contribution >= 0.6 is 0 Å². The van der Waals surface area contributed by atoms with Gasteiger partial charge < -0.3 is 15.0 Å². The minimum atomic E-state index is -0.727. The molecule has 6 nitrogen and oxygen atoms in total. The van der Waals surface area contributed by atoms with Crippen molar-refractivity contribution in [1.82, 2.24) is 14.9 Å². The number of hydrogen-bond donors (Lipinski definition) is 2. The molecule has 0 aliphatic heterocycles. The van der Waals surface area contributed by atoms with Crippen LogP contribution in [0.4, 0.5) is 0 Å². The van der Waals surface area contributed by atoms with Crippen molar-refractivity contribution in [2.75, 3.05) is 13.1 Å². The van der Waals surface area contributed by atoms with Gasteiger partial charge in [-0.05, 0) is 50.5 Å². The summed E-state index contributed by atoms with van der Waals surface area (Å²) >= 11 is 0. The molecule has 2 N–H and O–H groups in total. The Morgan fingerprint density at radius 3 is 2.50 bits per heavy atom. The quantitative estimate of drug-likeness (QED) is 0.644. The monoisotopic (exact) mass is 381 g/mol. The van der Waals surface area contributed by atoms with Crippen molar-refractivity contribution >= 4 is 22.8 Å². The van der Waals surface area contributed by atoms with Gasteiger partial charge in [0, 0.05) is 49.0 Å². The normalized spacial score (nSPS) is 10.2. The molecule has 0 unspecified atom stereocenters. The number of carboxylic acids is 1. The van der Waals surface area contributed by atoms with Gasteiger partial charge in [-0.3, -0.25) is 14.6 Å². The van der Waals surface area contributed by atoms with Crippen molar-refractivity contribution in [3.63, 3.8) is 0 Å². The molecule has 28 heavy (non-hydrogen) atoms. The first-order valence-corrected chi connectivity index (χ1v) is 9.52. The van der Waals surface area contributed by atoms with E-state index in [0.29, 0.717) is 12.0 Å². The molecule has 0 atom stereocenters. The zero-order valence-electron chi connectivity index (χ0n) is 16.4. The molecule has 0 radical (unpaired) electrons. The molecule has 2 heterocycles. The molecule has 0 saturated carbocycles. The Morgan fingerprint density at radius 2 is 1.86 bits per heavy atom. The highest BCUT2D eigenvalue weighted by molar-refractivity contribution is 5.93. The molecule has 0 saturated heterocycles. The van der Waals surface area contributed by atoms with Crippen LogP contribution in [0.15, 0.2) is 55.0 Å². The van der Waals surface area contributed by atoms with Crippen LogP contribution in [-0.4, -0.2) is 44.9 Å². The van der Waals surface area contributed by atoms with Crippen molar-refractivity contribution in [2.45, 2.75) is 33.1 Å². The van der Waals surface area contributed by atoms with Crippen molar-refractivity contribution in [1.29, 1.82) is 0 Å². The highest BCUT2D eigenvalue weighted by Crippen LogP contribution is 2.19. The molecule has 6 heteroatoms. The number of hydrogen-bond acceptors (Lipinski definition) is 3. The van der Waals surface area contributed by atoms with Gasteiger partial charge in [-0.2, -0.15) is 0 Å². The number of aromatic nitrogens is 2. The van der Waals surface area contributed by atoms with Crippen LogP contribution in [0.2, 0.25) is 0 Å². The van der Waals surface area contributed by atoms with E-state index < -0.39 is 5.97 Å². The Bertz CT molecular complexity index is 886. The minimum absolute atomic E-state index is 0.0538. The number of nitrogens with zero attached hydrogens (tertiary/aromatic N) is 2. The number of amides is 1. The molecule has 0 fully saturated rings. The molecular weight excluding hydrogens is 354 g/mol. The average Bonchev–Trinajstić information content (AvgIpc) is 3.13. The first kappa shape index (κ1) is 21.2. The lowest BCUT2D eigenvalue weighted by atomic mass is 10.1. The first-order chi connectivity index (χ1) is 13.6. The zero-order chi connectivity index (χ0) is 20.4. The third-order valence-corrected chi connectivity index (χ3v) is 4.47. The van der Waals surface area contributed by atoms with Crippen LogP contribution in [0, 0.1) is 0 Å². The molecule has 3 rings (SSSR count). The Morgan fingerprint density at radius 1 is 1.11 bits per heavy atom. The average molecular weight is 381 g/mol. The Labute approximate surface area is 165 Å². The number of H-pyrrole nitrogens is 1. The highest BCUT2D eigenvalue weighted by atomic mass is 16.4. The van der Waals surface area contributed by atoms with E-state index in [1.807, 2.05) is 38.2 Å². The standard InChI is InChI=1S/C12H13NO2.C10H14N2O/c14-12(15)7-3-4-9-8-13-11-6-2-1-5-10(9)11;1-3-12(4-2)10(13)9-6-5-7-11-8-9/h1-2,5-6,8,13H,3-4,7H2,(H,14,15);5-8H,3-4H2,1-2H3. The Balaban J connectivity index is 0.000000203. The summed E-state index contributed by atoms with van der Waals surface area (Å²) in [4.78, 5) is 30.9. The molecule has 0 aliphatic rings. The second-order valence-electron chi connectivity index (χ2n) is 6.33. The maximum Gasteiger partial charge on any atom is 0.303 e. The van der Waals surface area contributed by atoms with Gasteiger partial charge in [-0.15, -0.1) is 0 Å². The van der Waals surface area contributed by atoms with E-state index in [4.69, 9.17) is 5.11 Å². The number of para-hydroxylation sites is 1. The van der Waals surface area contributed by atoms with Gasteiger partial charge in [0.15, 0.2) is 0 Å². The number of carbonyl (C=O) groups is 2. The third-order valence-electron chi connectivity index (χ3n) is 4.47. The lowest BCUT2D eigenvalue weighted by Gasteiger charge is -2.17. The molecule has 2 aromatic heterocycles. The van der Waals surface area contributed by atoms with Crippen molar-refractivity contribution in [3.8, 4) is 0 Å². The summed E-state index contributed by atoms with van der Waals surface area (Å²) in [5.41, 5.74) is 2.97. The summed E-state index contributed by atoms with van der Waals surface area (Å²) in [6.45, 7) is 5.42. The van der Waals surface area contributed by atoms with Gasteiger partial charge in [0.1, 0.15) is 0 Å². The number of aromatic amines is 1. The molecule has 1 amide bonds. The van der Waals surface area contributed by atoms with Crippen molar-refractivity contribution < 1.29 is 14.7 Å². The lowest BCUT2D eigenvalue weighted by Crippen LogP contribution is -2.30. The molecule has 3 aromatic rings. The van der Waals surface area contributed by atoms with E-state index >= 15 is 0 Å². The lowest BCUT2D eigenvalue weighted by molar-refractivity contribution is -0.137. The summed E-state index contributed by atoms with van der Waals surface area (Å²) in [5.74, 6) is -0.673. The Hall–Kier alpha value is -3.15. The predicted molar refractivity (Wildman–Crippen MR) is 110 cm³/mol. The van der Waals surface area contributed by atoms with Crippen LogP contribution in [0.1, 0.15) is 42.6 Å². The minimum Gasteiger partial charge on any atom is -0.481 e. The number of fused-ring (bicyclic) bond motifs is 1. The van der Waals surface area contributed by atoms with E-state index in [1.54, 1.807) is 29.4 Å². The SMILES string of the molecule is CCN(CC)C(=O)c1cccnc1.O=C(O)CCCc1c[nH]c2ccccc12. The van der Waals surface area contributed by atoms with E-state index in [9.17, 15) is 9.59 Å². The summed E-state index contributed by atoms with van der Waals surface area (Å²) in [6.07, 6.45) is 6.97. The second-order valence-corrected chi connectivity index (χ2v) is 6.33. The fourth-order valence-corrected chi connectivity index (χ4v) is 2.95. The van der Waals surface area contributed by atoms with Gasteiger partial charge in [0.05, 0.1) is 5.56 Å². The van der Waals surface area contributed by atoms with E-state index in [2.05, 4.69) is 16.0 Å². The van der Waals surface area contributed by atoms with E-state index in [-0.39, 0.29) is 12.3 Å². The van der Waals surface area contributed by atoms with Crippen LogP contribution in [0.3, 0.4) is 0 Å². The number of pyridine rings is 1. The zero-order valence-corrected chi connectivity index (χ0v) is 16.4. The van der Waals surface area contributed by atoms with Gasteiger partial charge >= 0.3 is 5.97 Å². The smallest absolute Gasteiger partial charge is 0.303 e. The summed E-state index contributed by atoms with van der Waals surface area (Å²) in [6, 6.07) is 11.6. The van der Waals surface area contributed by atoms with Crippen LogP contribution in [0.25, 0.3) is 10.9 Å². The molecule has 0 bridgehead atoms. The molecule has 0 spiro atoms. The fraction of sp³-hybridized carbons (Fsp3) is 0.318. The van der Waals surface area contributed by atoms with E-state index in [0.717, 1.165) is 25.0 Å². The number of benzene rings is 1. The number of rotatable bonds is 7. The maximum atomic E-state index is 11.7. The number of carbonyl (C=O) groups excluding carboxylic acids is 1. The predicted octanol–water partition coefficient (Wildman–Crippen LogP) is 4.14. The van der Waals surface area contributed by atoms with Crippen molar-refractivity contribution in [2.24, 2.45) is 0 Å². The largest absolute Gasteiger partial charge is 0.481 e. The maximum absolute atomic E-state index is 11.7. The van der Waals surface area contributed by atoms with Crippen LogP contribution in [0.5, 0.6) is 0 Å². The van der Waals surface area contributed by atoms with Crippen LogP contribution < -0.4 is 0 Å². The molecule has 148 valence electrons. The Kier molecular flexibility index (Phi) is 8.21. The van der Waals surface area contributed by atoms with Gasteiger partial charge in [-0.1, -0.05) is 18.2 Å².